The Kier molecular flexibility index (Phi) is 1.73. The average Bonchev–Trinajstić information content (AvgIpc) is 2.77. The van der Waals surface area contributed by atoms with Crippen LogP contribution < -0.4 is 0 Å². The summed E-state index contributed by atoms with van der Waals surface area (Å²) in [5.74, 6) is 0.114. The third-order valence-corrected chi connectivity index (χ3v) is 3.24. The first-order valence-corrected chi connectivity index (χ1v) is 5.80. The number of fused-ring (bicyclic) bond motifs is 5. The zero-order valence-electron chi connectivity index (χ0n) is 9.50. The van der Waals surface area contributed by atoms with Gasteiger partial charge >= 0.3 is 0 Å². The standard InChI is InChI=1S/C14H9N3O/c18-10-5-3-4-9-8-15-14-13(12(9)10)16-11-6-1-2-7-17(11)14/h1-4,6-8H,5H2. The number of Topliss-reactive ketones (excluding diaryl/α,β-unsaturated/α-hetero) is 1. The summed E-state index contributed by atoms with van der Waals surface area (Å²) < 4.78 is 1.90. The van der Waals surface area contributed by atoms with E-state index in [0.29, 0.717) is 17.5 Å². The molecule has 18 heavy (non-hydrogen) atoms. The maximum absolute atomic E-state index is 12.0. The van der Waals surface area contributed by atoms with Crippen molar-refractivity contribution in [3.63, 3.8) is 0 Å². The van der Waals surface area contributed by atoms with Crippen molar-refractivity contribution in [3.8, 4) is 0 Å². The summed E-state index contributed by atoms with van der Waals surface area (Å²) in [5.41, 5.74) is 3.82. The van der Waals surface area contributed by atoms with Gasteiger partial charge in [-0.05, 0) is 12.1 Å². The van der Waals surface area contributed by atoms with Crippen LogP contribution in [0.3, 0.4) is 0 Å². The minimum atomic E-state index is 0.114. The van der Waals surface area contributed by atoms with Crippen LogP contribution >= 0.6 is 0 Å². The summed E-state index contributed by atoms with van der Waals surface area (Å²) in [7, 11) is 0. The molecule has 0 unspecified atom stereocenters. The van der Waals surface area contributed by atoms with Crippen molar-refractivity contribution < 1.29 is 4.79 Å². The number of aromatic nitrogens is 3. The van der Waals surface area contributed by atoms with Crippen LogP contribution in [-0.4, -0.2) is 20.2 Å². The van der Waals surface area contributed by atoms with Crippen LogP contribution in [0.1, 0.15) is 22.3 Å². The van der Waals surface area contributed by atoms with E-state index in [9.17, 15) is 4.79 Å². The smallest absolute Gasteiger partial charge is 0.169 e. The van der Waals surface area contributed by atoms with E-state index in [2.05, 4.69) is 9.97 Å². The highest BCUT2D eigenvalue weighted by atomic mass is 16.1. The van der Waals surface area contributed by atoms with Crippen LogP contribution in [0.4, 0.5) is 0 Å². The Morgan fingerprint density at radius 3 is 3.17 bits per heavy atom. The summed E-state index contributed by atoms with van der Waals surface area (Å²) in [6.45, 7) is 0. The number of ketones is 1. The van der Waals surface area contributed by atoms with Crippen molar-refractivity contribution >= 4 is 28.7 Å². The second kappa shape index (κ2) is 3.26. The minimum Gasteiger partial charge on any atom is -0.294 e. The van der Waals surface area contributed by atoms with Crippen LogP contribution in [0.5, 0.6) is 0 Å². The first kappa shape index (κ1) is 9.53. The zero-order valence-corrected chi connectivity index (χ0v) is 9.50. The summed E-state index contributed by atoms with van der Waals surface area (Å²) in [4.78, 5) is 21.0. The Labute approximate surface area is 103 Å². The van der Waals surface area contributed by atoms with E-state index in [0.717, 1.165) is 16.9 Å². The Bertz CT molecular complexity index is 830. The maximum Gasteiger partial charge on any atom is 0.169 e. The van der Waals surface area contributed by atoms with Gasteiger partial charge in [0.25, 0.3) is 0 Å². The largest absolute Gasteiger partial charge is 0.294 e. The molecule has 4 rings (SSSR count). The van der Waals surface area contributed by atoms with Crippen molar-refractivity contribution in [2.75, 3.05) is 0 Å². The van der Waals surface area contributed by atoms with Gasteiger partial charge in [0, 0.05) is 24.4 Å². The number of carbonyl (C=O) groups excluding carboxylic acids is 1. The summed E-state index contributed by atoms with van der Waals surface area (Å²) in [6, 6.07) is 5.77. The van der Waals surface area contributed by atoms with Gasteiger partial charge in [-0.3, -0.25) is 9.20 Å². The van der Waals surface area contributed by atoms with Gasteiger partial charge in [0.2, 0.25) is 0 Å². The molecule has 86 valence electrons. The van der Waals surface area contributed by atoms with Gasteiger partial charge in [0.15, 0.2) is 11.4 Å². The molecule has 0 saturated carbocycles. The van der Waals surface area contributed by atoms with Crippen LogP contribution in [0.25, 0.3) is 22.9 Å². The van der Waals surface area contributed by atoms with Gasteiger partial charge in [-0.25, -0.2) is 9.97 Å². The van der Waals surface area contributed by atoms with Crippen molar-refractivity contribution in [1.82, 2.24) is 14.4 Å². The number of hydrogen-bond donors (Lipinski definition) is 0. The fourth-order valence-corrected chi connectivity index (χ4v) is 2.42. The number of pyridine rings is 2. The molecule has 0 bridgehead atoms. The number of rotatable bonds is 0. The van der Waals surface area contributed by atoms with E-state index in [1.807, 2.05) is 40.9 Å². The molecule has 1 aliphatic rings. The van der Waals surface area contributed by atoms with Gasteiger partial charge in [0.1, 0.15) is 11.2 Å². The second-order valence-electron chi connectivity index (χ2n) is 4.33. The highest BCUT2D eigenvalue weighted by Gasteiger charge is 2.20. The Morgan fingerprint density at radius 2 is 2.22 bits per heavy atom. The average molecular weight is 235 g/mol. The fourth-order valence-electron chi connectivity index (χ4n) is 2.42. The molecule has 0 spiro atoms. The highest BCUT2D eigenvalue weighted by molar-refractivity contribution is 6.11. The lowest BCUT2D eigenvalue weighted by atomic mass is 9.97. The molecule has 1 aliphatic carbocycles. The lowest BCUT2D eigenvalue weighted by molar-refractivity contribution is 0.0996. The van der Waals surface area contributed by atoms with E-state index in [4.69, 9.17) is 0 Å². The molecular weight excluding hydrogens is 226 g/mol. The molecule has 0 radical (unpaired) electrons. The van der Waals surface area contributed by atoms with Crippen molar-refractivity contribution in [3.05, 3.63) is 47.8 Å². The van der Waals surface area contributed by atoms with Crippen LogP contribution in [0, 0.1) is 0 Å². The second-order valence-corrected chi connectivity index (χ2v) is 4.33. The van der Waals surface area contributed by atoms with Gasteiger partial charge < -0.3 is 0 Å². The van der Waals surface area contributed by atoms with Gasteiger partial charge in [0.05, 0.1) is 5.56 Å². The van der Waals surface area contributed by atoms with Gasteiger partial charge in [-0.15, -0.1) is 0 Å². The molecule has 4 heteroatoms. The molecule has 0 amide bonds. The monoisotopic (exact) mass is 235 g/mol. The SMILES string of the molecule is O=C1CC=Cc2cnc3c(nc4ccccn43)c21. The van der Waals surface area contributed by atoms with Crippen molar-refractivity contribution in [2.24, 2.45) is 0 Å². The summed E-state index contributed by atoms with van der Waals surface area (Å²) in [6.07, 6.45) is 7.90. The third kappa shape index (κ3) is 1.12. The molecule has 4 nitrogen and oxygen atoms in total. The van der Waals surface area contributed by atoms with Crippen LogP contribution in [-0.2, 0) is 0 Å². The Hall–Kier alpha value is -2.49. The molecule has 0 aliphatic heterocycles. The topological polar surface area (TPSA) is 47.3 Å². The molecule has 3 heterocycles. The molecule has 0 saturated heterocycles. The third-order valence-electron chi connectivity index (χ3n) is 3.24. The Balaban J connectivity index is 2.24. The van der Waals surface area contributed by atoms with Gasteiger partial charge in [-0.1, -0.05) is 18.2 Å². The molecule has 0 atom stereocenters. The predicted octanol–water partition coefficient (Wildman–Crippen LogP) is 2.48. The normalized spacial score (nSPS) is 14.3. The van der Waals surface area contributed by atoms with E-state index in [1.165, 1.54) is 0 Å². The van der Waals surface area contributed by atoms with E-state index in [-0.39, 0.29) is 5.78 Å². The first-order chi connectivity index (χ1) is 8.84. The fraction of sp³-hybridized carbons (Fsp3) is 0.0714. The molecule has 0 fully saturated rings. The molecule has 3 aromatic heterocycles. The lowest BCUT2D eigenvalue weighted by Crippen LogP contribution is -2.06. The number of allylic oxidation sites excluding steroid dienone is 1. The van der Waals surface area contributed by atoms with Gasteiger partial charge in [-0.2, -0.15) is 0 Å². The number of carbonyl (C=O) groups is 1. The predicted molar refractivity (Wildman–Crippen MR) is 68.5 cm³/mol. The van der Waals surface area contributed by atoms with E-state index in [1.54, 1.807) is 6.20 Å². The van der Waals surface area contributed by atoms with Crippen LogP contribution in [0.2, 0.25) is 0 Å². The number of hydrogen-bond acceptors (Lipinski definition) is 3. The summed E-state index contributed by atoms with van der Waals surface area (Å²) in [5, 5.41) is 0. The highest BCUT2D eigenvalue weighted by Crippen LogP contribution is 2.26. The van der Waals surface area contributed by atoms with E-state index >= 15 is 0 Å². The summed E-state index contributed by atoms with van der Waals surface area (Å²) >= 11 is 0. The number of nitrogens with zero attached hydrogens (tertiary/aromatic N) is 3. The van der Waals surface area contributed by atoms with Crippen molar-refractivity contribution in [2.45, 2.75) is 6.42 Å². The molecular formula is C14H9N3O. The van der Waals surface area contributed by atoms with Crippen LogP contribution in [0.15, 0.2) is 36.7 Å². The zero-order chi connectivity index (χ0) is 12.1. The number of imidazole rings is 1. The molecule has 0 aromatic carbocycles. The maximum atomic E-state index is 12.0. The quantitative estimate of drug-likeness (QED) is 0.601. The molecule has 3 aromatic rings. The molecule has 0 N–H and O–H groups in total. The van der Waals surface area contributed by atoms with Crippen molar-refractivity contribution in [1.29, 1.82) is 0 Å². The minimum absolute atomic E-state index is 0.114. The lowest BCUT2D eigenvalue weighted by Gasteiger charge is -2.08. The first-order valence-electron chi connectivity index (χ1n) is 5.80. The van der Waals surface area contributed by atoms with E-state index < -0.39 is 0 Å². The Morgan fingerprint density at radius 1 is 1.28 bits per heavy atom.